The van der Waals surface area contributed by atoms with Crippen LogP contribution in [0.2, 0.25) is 0 Å². The highest BCUT2D eigenvalue weighted by atomic mass is 32.1. The predicted octanol–water partition coefficient (Wildman–Crippen LogP) is 3.53. The van der Waals surface area contributed by atoms with Crippen LogP contribution in [0.3, 0.4) is 0 Å². The van der Waals surface area contributed by atoms with Crippen LogP contribution in [0.15, 0.2) is 34.8 Å². The normalized spacial score (nSPS) is 9.75. The van der Waals surface area contributed by atoms with Gasteiger partial charge in [-0.3, -0.25) is 0 Å². The lowest BCUT2D eigenvalue weighted by Gasteiger charge is -1.92. The Labute approximate surface area is 75.8 Å². The van der Waals surface area contributed by atoms with Crippen LogP contribution in [0.5, 0.6) is 0 Å². The highest BCUT2D eigenvalue weighted by Gasteiger charge is 1.87. The molecule has 0 fully saturated rings. The average molecular weight is 177 g/mol. The second-order valence-electron chi connectivity index (χ2n) is 2.10. The van der Waals surface area contributed by atoms with Gasteiger partial charge in [0.2, 0.25) is 0 Å². The molecule has 0 heterocycles. The van der Waals surface area contributed by atoms with Gasteiger partial charge in [-0.15, -0.1) is 0 Å². The summed E-state index contributed by atoms with van der Waals surface area (Å²) in [6.45, 7) is 0. The SMILES string of the molecule is [N-]=[N+]=Nc1ccc(/C=C/S)cc1. The van der Waals surface area contributed by atoms with Crippen molar-refractivity contribution >= 4 is 24.4 Å². The lowest BCUT2D eigenvalue weighted by atomic mass is 10.2. The highest BCUT2D eigenvalue weighted by Crippen LogP contribution is 2.13. The number of rotatable bonds is 2. The average Bonchev–Trinajstić information content (AvgIpc) is 2.09. The Balaban J connectivity index is 2.92. The van der Waals surface area contributed by atoms with E-state index in [2.05, 4.69) is 22.7 Å². The third-order valence-corrected chi connectivity index (χ3v) is 1.47. The van der Waals surface area contributed by atoms with Crippen LogP contribution >= 0.6 is 12.6 Å². The molecule has 0 aromatic heterocycles. The number of thiol groups is 1. The molecule has 4 heteroatoms. The Bertz CT molecular complexity index is 323. The minimum Gasteiger partial charge on any atom is -0.151 e. The van der Waals surface area contributed by atoms with E-state index in [1.165, 1.54) is 0 Å². The van der Waals surface area contributed by atoms with Gasteiger partial charge in [0.25, 0.3) is 0 Å². The Morgan fingerprint density at radius 1 is 1.33 bits per heavy atom. The summed E-state index contributed by atoms with van der Waals surface area (Å²) >= 11 is 3.94. The van der Waals surface area contributed by atoms with Gasteiger partial charge in [0.05, 0.1) is 0 Å². The molecule has 0 radical (unpaired) electrons. The van der Waals surface area contributed by atoms with Gasteiger partial charge < -0.3 is 0 Å². The Kier molecular flexibility index (Phi) is 3.26. The maximum Gasteiger partial charge on any atom is 0.0375 e. The van der Waals surface area contributed by atoms with Crippen LogP contribution in [-0.4, -0.2) is 0 Å². The number of hydrogen-bond acceptors (Lipinski definition) is 2. The van der Waals surface area contributed by atoms with Crippen molar-refractivity contribution in [1.29, 1.82) is 0 Å². The monoisotopic (exact) mass is 177 g/mol. The molecule has 0 saturated carbocycles. The van der Waals surface area contributed by atoms with E-state index in [4.69, 9.17) is 5.53 Å². The van der Waals surface area contributed by atoms with Gasteiger partial charge >= 0.3 is 0 Å². The molecule has 1 aromatic rings. The van der Waals surface area contributed by atoms with Crippen molar-refractivity contribution in [3.8, 4) is 0 Å². The first kappa shape index (κ1) is 8.71. The van der Waals surface area contributed by atoms with E-state index in [1.807, 2.05) is 18.2 Å². The summed E-state index contributed by atoms with van der Waals surface area (Å²) in [7, 11) is 0. The molecule has 3 nitrogen and oxygen atoms in total. The van der Waals surface area contributed by atoms with Gasteiger partial charge in [0.15, 0.2) is 0 Å². The number of hydrogen-bond donors (Lipinski definition) is 1. The zero-order valence-corrected chi connectivity index (χ0v) is 7.15. The molecule has 12 heavy (non-hydrogen) atoms. The minimum atomic E-state index is 0.619. The summed E-state index contributed by atoms with van der Waals surface area (Å²) in [5.41, 5.74) is 9.77. The van der Waals surface area contributed by atoms with E-state index in [1.54, 1.807) is 17.5 Å². The number of benzene rings is 1. The molecule has 60 valence electrons. The summed E-state index contributed by atoms with van der Waals surface area (Å²) in [6, 6.07) is 7.22. The van der Waals surface area contributed by atoms with E-state index in [-0.39, 0.29) is 0 Å². The third-order valence-electron chi connectivity index (χ3n) is 1.32. The zero-order chi connectivity index (χ0) is 8.81. The molecular formula is C8H7N3S. The van der Waals surface area contributed by atoms with Crippen LogP contribution in [-0.2, 0) is 0 Å². The van der Waals surface area contributed by atoms with Crippen molar-refractivity contribution in [2.75, 3.05) is 0 Å². The maximum absolute atomic E-state index is 8.12. The summed E-state index contributed by atoms with van der Waals surface area (Å²) in [4.78, 5) is 2.67. The number of azide groups is 1. The summed E-state index contributed by atoms with van der Waals surface area (Å²) in [5.74, 6) is 0. The van der Waals surface area contributed by atoms with Crippen molar-refractivity contribution in [2.24, 2.45) is 5.11 Å². The third kappa shape index (κ3) is 2.34. The quantitative estimate of drug-likeness (QED) is 0.311. The fourth-order valence-corrected chi connectivity index (χ4v) is 0.962. The second-order valence-corrected chi connectivity index (χ2v) is 2.39. The van der Waals surface area contributed by atoms with Gasteiger partial charge in [0, 0.05) is 10.6 Å². The molecule has 1 aromatic carbocycles. The van der Waals surface area contributed by atoms with Crippen LogP contribution in [0.4, 0.5) is 5.69 Å². The first-order valence-electron chi connectivity index (χ1n) is 3.33. The zero-order valence-electron chi connectivity index (χ0n) is 6.25. The van der Waals surface area contributed by atoms with Gasteiger partial charge in [-0.2, -0.15) is 12.6 Å². The molecule has 0 saturated heterocycles. The molecule has 0 N–H and O–H groups in total. The maximum atomic E-state index is 8.12. The fraction of sp³-hybridized carbons (Fsp3) is 0. The van der Waals surface area contributed by atoms with Crippen molar-refractivity contribution in [2.45, 2.75) is 0 Å². The molecule has 0 atom stereocenters. The van der Waals surface area contributed by atoms with Crippen molar-refractivity contribution in [1.82, 2.24) is 0 Å². The van der Waals surface area contributed by atoms with Crippen molar-refractivity contribution in [3.05, 3.63) is 45.7 Å². The van der Waals surface area contributed by atoms with Gasteiger partial charge in [0.1, 0.15) is 0 Å². The van der Waals surface area contributed by atoms with Crippen LogP contribution in [0.1, 0.15) is 5.56 Å². The molecule has 0 spiro atoms. The lowest BCUT2D eigenvalue weighted by molar-refractivity contribution is 1.47. The van der Waals surface area contributed by atoms with Crippen LogP contribution in [0.25, 0.3) is 16.5 Å². The predicted molar refractivity (Wildman–Crippen MR) is 53.3 cm³/mol. The standard InChI is InChI=1S/C8H7N3S/c9-11-10-8-3-1-7(2-4-8)5-6-12/h1-6,12H/b6-5+. The van der Waals surface area contributed by atoms with Gasteiger partial charge in [-0.25, -0.2) is 0 Å². The van der Waals surface area contributed by atoms with Gasteiger partial charge in [-0.1, -0.05) is 29.4 Å². The van der Waals surface area contributed by atoms with E-state index >= 15 is 0 Å². The summed E-state index contributed by atoms with van der Waals surface area (Å²) < 4.78 is 0. The van der Waals surface area contributed by atoms with Crippen molar-refractivity contribution in [3.63, 3.8) is 0 Å². The molecule has 0 unspecified atom stereocenters. The molecule has 1 rings (SSSR count). The van der Waals surface area contributed by atoms with E-state index in [0.717, 1.165) is 5.56 Å². The smallest absolute Gasteiger partial charge is 0.0375 e. The van der Waals surface area contributed by atoms with Crippen LogP contribution in [0, 0.1) is 0 Å². The molecule has 0 aliphatic rings. The van der Waals surface area contributed by atoms with E-state index in [9.17, 15) is 0 Å². The molecular weight excluding hydrogens is 170 g/mol. The summed E-state index contributed by atoms with van der Waals surface area (Å²) in [5, 5.41) is 5.10. The molecule has 0 bridgehead atoms. The molecule has 0 amide bonds. The number of nitrogens with zero attached hydrogens (tertiary/aromatic N) is 3. The highest BCUT2D eigenvalue weighted by molar-refractivity contribution is 7.83. The first-order valence-corrected chi connectivity index (χ1v) is 3.84. The summed E-state index contributed by atoms with van der Waals surface area (Å²) in [6.07, 6.45) is 1.85. The van der Waals surface area contributed by atoms with Crippen LogP contribution < -0.4 is 0 Å². The molecule has 0 aliphatic heterocycles. The Hall–Kier alpha value is -1.38. The van der Waals surface area contributed by atoms with Gasteiger partial charge in [-0.05, 0) is 22.6 Å². The Morgan fingerprint density at radius 3 is 2.50 bits per heavy atom. The largest absolute Gasteiger partial charge is 0.151 e. The second kappa shape index (κ2) is 4.49. The fourth-order valence-electron chi connectivity index (χ4n) is 0.790. The van der Waals surface area contributed by atoms with E-state index < -0.39 is 0 Å². The first-order chi connectivity index (χ1) is 5.86. The topological polar surface area (TPSA) is 48.8 Å². The Morgan fingerprint density at radius 2 is 2.00 bits per heavy atom. The lowest BCUT2D eigenvalue weighted by Crippen LogP contribution is -1.68. The molecule has 0 aliphatic carbocycles. The van der Waals surface area contributed by atoms with E-state index in [0.29, 0.717) is 5.69 Å². The minimum absolute atomic E-state index is 0.619. The van der Waals surface area contributed by atoms with Crippen molar-refractivity contribution < 1.29 is 0 Å².